The van der Waals surface area contributed by atoms with Crippen molar-refractivity contribution in [3.05, 3.63) is 69.7 Å². The van der Waals surface area contributed by atoms with Gasteiger partial charge in [-0.3, -0.25) is 19.2 Å². The lowest BCUT2D eigenvalue weighted by molar-refractivity contribution is -0.163. The first-order valence-electron chi connectivity index (χ1n) is 25.9. The number of nitrogens with zero attached hydrogens (tertiary/aromatic N) is 2. The third-order valence-corrected chi connectivity index (χ3v) is 13.7. The SMILES string of the molecule is CCCCCCCCOC(=O)[C@@H]1[C@@H](C(=O)OCCCCCCCC)N2[C@@H](c3ccc(Cl)cc3)[C@H](C(=O)OCCCCCCCC)[C@H](C(=O)OCCCCCCCC)N2[C@@H]1c1ccc(Cl)cc1. The molecule has 0 amide bonds. The van der Waals surface area contributed by atoms with E-state index in [4.69, 9.17) is 42.1 Å². The van der Waals surface area contributed by atoms with Crippen molar-refractivity contribution in [1.29, 1.82) is 0 Å². The van der Waals surface area contributed by atoms with E-state index in [1.807, 2.05) is 24.3 Å². The number of fused-ring (bicyclic) bond motifs is 1. The van der Waals surface area contributed by atoms with Gasteiger partial charge in [0.05, 0.1) is 38.5 Å². The molecule has 2 saturated heterocycles. The molecule has 0 radical (unpaired) electrons. The van der Waals surface area contributed by atoms with E-state index in [0.29, 0.717) is 46.9 Å². The minimum absolute atomic E-state index is 0.166. The molecule has 0 spiro atoms. The number of halogens is 2. The average Bonchev–Trinajstić information content (AvgIpc) is 3.84. The van der Waals surface area contributed by atoms with Gasteiger partial charge < -0.3 is 18.9 Å². The number of carbonyl (C=O) groups excluding carboxylic acids is 4. The van der Waals surface area contributed by atoms with Gasteiger partial charge in [-0.1, -0.05) is 204 Å². The minimum atomic E-state index is -1.27. The normalized spacial score (nSPS) is 20.6. The van der Waals surface area contributed by atoms with E-state index in [1.165, 1.54) is 0 Å². The Balaban J connectivity index is 1.83. The Bertz CT molecular complexity index is 1570. The molecule has 12 heteroatoms. The van der Waals surface area contributed by atoms with E-state index in [1.54, 1.807) is 34.3 Å². The number of esters is 4. The van der Waals surface area contributed by atoms with Crippen LogP contribution in [0.3, 0.4) is 0 Å². The summed E-state index contributed by atoms with van der Waals surface area (Å²) in [6, 6.07) is 9.74. The van der Waals surface area contributed by atoms with Crippen LogP contribution in [0.15, 0.2) is 48.5 Å². The summed E-state index contributed by atoms with van der Waals surface area (Å²) < 4.78 is 24.6. The maximum atomic E-state index is 15.0. The first kappa shape index (κ1) is 55.4. The summed E-state index contributed by atoms with van der Waals surface area (Å²) in [4.78, 5) is 59.8. The second-order valence-electron chi connectivity index (χ2n) is 18.4. The van der Waals surface area contributed by atoms with Crippen LogP contribution in [0, 0.1) is 11.8 Å². The fourth-order valence-electron chi connectivity index (χ4n) is 9.57. The lowest BCUT2D eigenvalue weighted by Gasteiger charge is -2.32. The zero-order valence-corrected chi connectivity index (χ0v) is 42.3. The lowest BCUT2D eigenvalue weighted by Crippen LogP contribution is -2.47. The quantitative estimate of drug-likeness (QED) is 0.0382. The van der Waals surface area contributed by atoms with Gasteiger partial charge in [0.15, 0.2) is 0 Å². The molecule has 0 aromatic heterocycles. The molecule has 2 aromatic rings. The maximum Gasteiger partial charge on any atom is 0.325 e. The zero-order valence-electron chi connectivity index (χ0n) is 40.8. The van der Waals surface area contributed by atoms with Crippen molar-refractivity contribution >= 4 is 47.1 Å². The predicted molar refractivity (Wildman–Crippen MR) is 264 cm³/mol. The number of ether oxygens (including phenoxy) is 4. The van der Waals surface area contributed by atoms with Crippen LogP contribution >= 0.6 is 23.2 Å². The first-order chi connectivity index (χ1) is 32.2. The minimum Gasteiger partial charge on any atom is -0.465 e. The fourth-order valence-corrected chi connectivity index (χ4v) is 9.82. The third-order valence-electron chi connectivity index (χ3n) is 13.2. The van der Waals surface area contributed by atoms with E-state index >= 15 is 0 Å². The van der Waals surface area contributed by atoms with Crippen LogP contribution in [0.25, 0.3) is 0 Å². The molecule has 2 aliphatic heterocycles. The molecule has 4 rings (SSSR count). The molecule has 0 N–H and O–H groups in total. The van der Waals surface area contributed by atoms with Gasteiger partial charge in [-0.2, -0.15) is 0 Å². The highest BCUT2D eigenvalue weighted by atomic mass is 35.5. The molecule has 370 valence electrons. The molecule has 10 nitrogen and oxygen atoms in total. The van der Waals surface area contributed by atoms with Crippen LogP contribution in [0.1, 0.15) is 205 Å². The summed E-state index contributed by atoms with van der Waals surface area (Å²) in [5, 5.41) is 4.49. The summed E-state index contributed by atoms with van der Waals surface area (Å²) >= 11 is 13.0. The van der Waals surface area contributed by atoms with Crippen molar-refractivity contribution in [1.82, 2.24) is 10.0 Å². The van der Waals surface area contributed by atoms with Crippen LogP contribution in [0.5, 0.6) is 0 Å². The number of rotatable bonds is 34. The molecular weight excluding hydrogens is 876 g/mol. The van der Waals surface area contributed by atoms with Crippen molar-refractivity contribution in [3.8, 4) is 0 Å². The summed E-state index contributed by atoms with van der Waals surface area (Å²) in [7, 11) is 0. The zero-order chi connectivity index (χ0) is 47.5. The van der Waals surface area contributed by atoms with Crippen LogP contribution in [-0.2, 0) is 38.1 Å². The van der Waals surface area contributed by atoms with Gasteiger partial charge >= 0.3 is 23.9 Å². The molecule has 66 heavy (non-hydrogen) atoms. The highest BCUT2D eigenvalue weighted by Gasteiger charge is 2.69. The molecule has 0 aliphatic carbocycles. The molecule has 2 aliphatic rings. The summed E-state index contributed by atoms with van der Waals surface area (Å²) in [6.45, 7) is 9.41. The molecular formula is C54H82Cl2N2O8. The topological polar surface area (TPSA) is 112 Å². The Kier molecular flexibility index (Phi) is 26.7. The largest absolute Gasteiger partial charge is 0.465 e. The van der Waals surface area contributed by atoms with Gasteiger partial charge in [0, 0.05) is 10.0 Å². The Hall–Kier alpha value is -3.18. The summed E-state index contributed by atoms with van der Waals surface area (Å²) in [5.41, 5.74) is 1.25. The highest BCUT2D eigenvalue weighted by molar-refractivity contribution is 6.30. The number of benzene rings is 2. The van der Waals surface area contributed by atoms with Crippen molar-refractivity contribution in [3.63, 3.8) is 0 Å². The summed E-state index contributed by atoms with van der Waals surface area (Å²) in [6.07, 6.45) is 24.1. The predicted octanol–water partition coefficient (Wildman–Crippen LogP) is 13.9. The van der Waals surface area contributed by atoms with Crippen LogP contribution in [0.2, 0.25) is 10.0 Å². The molecule has 2 aromatic carbocycles. The van der Waals surface area contributed by atoms with E-state index in [0.717, 1.165) is 128 Å². The van der Waals surface area contributed by atoms with Crippen LogP contribution < -0.4 is 0 Å². The smallest absolute Gasteiger partial charge is 0.325 e. The Morgan fingerprint density at radius 3 is 0.894 bits per heavy atom. The van der Waals surface area contributed by atoms with E-state index in [-0.39, 0.29) is 26.4 Å². The standard InChI is InChI=1S/C54H82Cl2N2O8/c1-5-9-13-17-21-25-37-63-51(59)45-47(41-29-33-43(55)34-30-41)57-50(54(62)66-40-28-24-20-16-12-8-4)46(52(60)64-38-26-22-18-14-10-6-2)48(42-31-35-44(56)36-32-42)58(57)49(45)53(61)65-39-27-23-19-15-11-7-3/h29-36,45-50H,5-28,37-40H2,1-4H3/t45-,46-,47-,48+,49+,50-/m0/s1. The number of carbonyl (C=O) groups is 4. The van der Waals surface area contributed by atoms with Gasteiger partial charge in [-0.05, 0) is 61.1 Å². The maximum absolute atomic E-state index is 15.0. The molecule has 2 fully saturated rings. The second-order valence-corrected chi connectivity index (χ2v) is 19.3. The molecule has 2 heterocycles. The lowest BCUT2D eigenvalue weighted by atomic mass is 9.82. The van der Waals surface area contributed by atoms with Crippen molar-refractivity contribution < 1.29 is 38.1 Å². The fraction of sp³-hybridized carbons (Fsp3) is 0.704. The Morgan fingerprint density at radius 1 is 0.379 bits per heavy atom. The first-order valence-corrected chi connectivity index (χ1v) is 26.7. The molecule has 0 bridgehead atoms. The Morgan fingerprint density at radius 2 is 0.621 bits per heavy atom. The van der Waals surface area contributed by atoms with Crippen molar-refractivity contribution in [2.45, 2.75) is 206 Å². The molecule has 0 saturated carbocycles. The van der Waals surface area contributed by atoms with Crippen molar-refractivity contribution in [2.24, 2.45) is 11.8 Å². The van der Waals surface area contributed by atoms with Gasteiger partial charge in [-0.15, -0.1) is 0 Å². The van der Waals surface area contributed by atoms with Gasteiger partial charge in [0.1, 0.15) is 23.9 Å². The molecule has 0 unspecified atom stereocenters. The second kappa shape index (κ2) is 31.8. The van der Waals surface area contributed by atoms with Gasteiger partial charge in [-0.25, -0.2) is 10.0 Å². The van der Waals surface area contributed by atoms with E-state index in [2.05, 4.69) is 27.7 Å². The van der Waals surface area contributed by atoms with E-state index in [9.17, 15) is 19.2 Å². The highest BCUT2D eigenvalue weighted by Crippen LogP contribution is 2.56. The Labute approximate surface area is 407 Å². The average molecular weight is 958 g/mol. The summed E-state index contributed by atoms with van der Waals surface area (Å²) in [5.74, 6) is -4.68. The van der Waals surface area contributed by atoms with Gasteiger partial charge in [0.2, 0.25) is 0 Å². The van der Waals surface area contributed by atoms with Crippen LogP contribution in [0.4, 0.5) is 0 Å². The van der Waals surface area contributed by atoms with E-state index < -0.39 is 59.9 Å². The van der Waals surface area contributed by atoms with Crippen LogP contribution in [-0.4, -0.2) is 72.4 Å². The van der Waals surface area contributed by atoms with Gasteiger partial charge in [0.25, 0.3) is 0 Å². The third kappa shape index (κ3) is 17.1. The number of hydrogen-bond donors (Lipinski definition) is 0. The molecule has 6 atom stereocenters. The van der Waals surface area contributed by atoms with Crippen molar-refractivity contribution in [2.75, 3.05) is 26.4 Å². The number of hydrogen-bond acceptors (Lipinski definition) is 10. The monoisotopic (exact) mass is 957 g/mol. The number of hydrazine groups is 1. The number of unbranched alkanes of at least 4 members (excludes halogenated alkanes) is 20.